The summed E-state index contributed by atoms with van der Waals surface area (Å²) in [5.74, 6) is -0.352. The van der Waals surface area contributed by atoms with E-state index in [-0.39, 0.29) is 12.5 Å². The average Bonchev–Trinajstić information content (AvgIpc) is 2.09. The molecule has 0 aliphatic carbocycles. The van der Waals surface area contributed by atoms with Crippen LogP contribution in [0.5, 0.6) is 0 Å². The maximum Gasteiger partial charge on any atom is 0.328 e. The molecule has 56 valence electrons. The van der Waals surface area contributed by atoms with Crippen LogP contribution in [0.1, 0.15) is 0 Å². The van der Waals surface area contributed by atoms with Crippen molar-refractivity contribution in [2.75, 3.05) is 20.3 Å². The number of imide groups is 1. The lowest BCUT2D eigenvalue weighted by Gasteiger charge is -2.08. The third-order valence-corrected chi connectivity index (χ3v) is 1.37. The average molecular weight is 144 g/mol. The quantitative estimate of drug-likeness (QED) is 0.472. The highest BCUT2D eigenvalue weighted by atomic mass is 16.3. The summed E-state index contributed by atoms with van der Waals surface area (Å²) in [4.78, 5) is 23.6. The Hall–Kier alpha value is -1.10. The van der Waals surface area contributed by atoms with Crippen molar-refractivity contribution in [1.82, 2.24) is 9.80 Å². The molecular weight excluding hydrogens is 136 g/mol. The SMILES string of the molecule is CN1CC(=O)N(CO)C1=O. The van der Waals surface area contributed by atoms with Crippen molar-refractivity contribution in [2.24, 2.45) is 0 Å². The summed E-state index contributed by atoms with van der Waals surface area (Å²) in [6, 6.07) is -0.437. The first-order chi connectivity index (χ1) is 4.66. The highest BCUT2D eigenvalue weighted by Crippen LogP contribution is 2.05. The Labute approximate surface area is 57.8 Å². The molecule has 1 aliphatic rings. The normalized spacial score (nSPS) is 19.0. The first-order valence-corrected chi connectivity index (χ1v) is 2.83. The molecule has 1 heterocycles. The number of amides is 3. The molecule has 0 bridgehead atoms. The van der Waals surface area contributed by atoms with Gasteiger partial charge >= 0.3 is 6.03 Å². The van der Waals surface area contributed by atoms with E-state index in [1.54, 1.807) is 0 Å². The minimum absolute atomic E-state index is 0.0688. The summed E-state index contributed by atoms with van der Waals surface area (Å²) in [5, 5.41) is 8.48. The molecule has 5 nitrogen and oxygen atoms in total. The van der Waals surface area contributed by atoms with Crippen molar-refractivity contribution >= 4 is 11.9 Å². The van der Waals surface area contributed by atoms with Crippen LogP contribution in [0.4, 0.5) is 4.79 Å². The van der Waals surface area contributed by atoms with Crippen LogP contribution < -0.4 is 0 Å². The molecular formula is C5H8N2O3. The largest absolute Gasteiger partial charge is 0.376 e. The van der Waals surface area contributed by atoms with Gasteiger partial charge in [-0.3, -0.25) is 4.79 Å². The number of hydrogen-bond donors (Lipinski definition) is 1. The lowest BCUT2D eigenvalue weighted by molar-refractivity contribution is -0.127. The standard InChI is InChI=1S/C5H8N2O3/c1-6-2-4(9)7(3-8)5(6)10/h8H,2-3H2,1H3. The molecule has 1 N–H and O–H groups in total. The van der Waals surface area contributed by atoms with E-state index in [1.807, 2.05) is 0 Å². The van der Waals surface area contributed by atoms with E-state index >= 15 is 0 Å². The van der Waals surface area contributed by atoms with Gasteiger partial charge in [-0.15, -0.1) is 0 Å². The second-order valence-electron chi connectivity index (χ2n) is 2.10. The van der Waals surface area contributed by atoms with Crippen LogP contribution in [0.15, 0.2) is 0 Å². The monoisotopic (exact) mass is 144 g/mol. The minimum Gasteiger partial charge on any atom is -0.376 e. The zero-order valence-corrected chi connectivity index (χ0v) is 5.57. The number of aliphatic hydroxyl groups excluding tert-OH is 1. The number of nitrogens with zero attached hydrogens (tertiary/aromatic N) is 2. The van der Waals surface area contributed by atoms with Crippen molar-refractivity contribution in [3.05, 3.63) is 0 Å². The maximum absolute atomic E-state index is 10.8. The van der Waals surface area contributed by atoms with Crippen molar-refractivity contribution in [2.45, 2.75) is 0 Å². The Morgan fingerprint density at radius 1 is 1.60 bits per heavy atom. The van der Waals surface area contributed by atoms with Crippen molar-refractivity contribution in [1.29, 1.82) is 0 Å². The molecule has 0 atom stereocenters. The number of hydrogen-bond acceptors (Lipinski definition) is 3. The van der Waals surface area contributed by atoms with Crippen LogP contribution in [0.25, 0.3) is 0 Å². The third kappa shape index (κ3) is 0.841. The number of aliphatic hydroxyl groups is 1. The summed E-state index contributed by atoms with van der Waals surface area (Å²) < 4.78 is 0. The third-order valence-electron chi connectivity index (χ3n) is 1.37. The molecule has 3 amide bonds. The van der Waals surface area contributed by atoms with Crippen LogP contribution in [-0.4, -0.2) is 47.2 Å². The van der Waals surface area contributed by atoms with Gasteiger partial charge in [-0.1, -0.05) is 0 Å². The zero-order valence-electron chi connectivity index (χ0n) is 5.57. The molecule has 1 fully saturated rings. The molecule has 0 aromatic carbocycles. The summed E-state index contributed by atoms with van der Waals surface area (Å²) in [7, 11) is 1.51. The lowest BCUT2D eigenvalue weighted by Crippen LogP contribution is -2.32. The van der Waals surface area contributed by atoms with E-state index in [0.717, 1.165) is 4.90 Å². The summed E-state index contributed by atoms with van der Waals surface area (Å²) in [6.07, 6.45) is 0. The molecule has 5 heteroatoms. The van der Waals surface area contributed by atoms with E-state index in [0.29, 0.717) is 0 Å². The fraction of sp³-hybridized carbons (Fsp3) is 0.600. The Morgan fingerprint density at radius 2 is 2.20 bits per heavy atom. The number of likely N-dealkylation sites (N-methyl/N-ethyl adjacent to an activating group) is 1. The predicted molar refractivity (Wildman–Crippen MR) is 32.0 cm³/mol. The molecule has 0 radical (unpaired) electrons. The Kier molecular flexibility index (Phi) is 1.58. The van der Waals surface area contributed by atoms with Crippen LogP contribution in [0.2, 0.25) is 0 Å². The number of rotatable bonds is 1. The Balaban J connectivity index is 2.74. The highest BCUT2D eigenvalue weighted by Gasteiger charge is 2.32. The van der Waals surface area contributed by atoms with Gasteiger partial charge in [0.2, 0.25) is 0 Å². The van der Waals surface area contributed by atoms with E-state index in [9.17, 15) is 9.59 Å². The van der Waals surface area contributed by atoms with Gasteiger partial charge in [0.25, 0.3) is 5.91 Å². The second-order valence-corrected chi connectivity index (χ2v) is 2.10. The summed E-state index contributed by atoms with van der Waals surface area (Å²) in [6.45, 7) is -0.457. The van der Waals surface area contributed by atoms with Gasteiger partial charge in [-0.25, -0.2) is 9.69 Å². The Morgan fingerprint density at radius 3 is 2.40 bits per heavy atom. The van der Waals surface area contributed by atoms with E-state index < -0.39 is 12.8 Å². The highest BCUT2D eigenvalue weighted by molar-refractivity contribution is 6.01. The Bertz CT molecular complexity index is 180. The smallest absolute Gasteiger partial charge is 0.328 e. The molecule has 10 heavy (non-hydrogen) atoms. The maximum atomic E-state index is 10.8. The predicted octanol–water partition coefficient (Wildman–Crippen LogP) is -1.17. The number of carbonyl (C=O) groups is 2. The fourth-order valence-electron chi connectivity index (χ4n) is 0.808. The zero-order chi connectivity index (χ0) is 7.72. The van der Waals surface area contributed by atoms with Gasteiger partial charge < -0.3 is 10.0 Å². The molecule has 0 aromatic heterocycles. The van der Waals surface area contributed by atoms with Crippen LogP contribution in [-0.2, 0) is 4.79 Å². The van der Waals surface area contributed by atoms with E-state index in [4.69, 9.17) is 5.11 Å². The summed E-state index contributed by atoms with van der Waals surface area (Å²) in [5.41, 5.74) is 0. The van der Waals surface area contributed by atoms with E-state index in [2.05, 4.69) is 0 Å². The van der Waals surface area contributed by atoms with Crippen LogP contribution in [0, 0.1) is 0 Å². The van der Waals surface area contributed by atoms with Gasteiger partial charge in [0.05, 0.1) is 0 Å². The number of carbonyl (C=O) groups excluding carboxylic acids is 2. The first-order valence-electron chi connectivity index (χ1n) is 2.83. The fourth-order valence-corrected chi connectivity index (χ4v) is 0.808. The second kappa shape index (κ2) is 2.26. The van der Waals surface area contributed by atoms with Crippen molar-refractivity contribution < 1.29 is 14.7 Å². The minimum atomic E-state index is -0.526. The van der Waals surface area contributed by atoms with Crippen LogP contribution >= 0.6 is 0 Å². The van der Waals surface area contributed by atoms with Gasteiger partial charge in [0, 0.05) is 7.05 Å². The topological polar surface area (TPSA) is 60.9 Å². The molecule has 1 rings (SSSR count). The molecule has 1 aliphatic heterocycles. The van der Waals surface area contributed by atoms with Gasteiger partial charge in [-0.05, 0) is 0 Å². The lowest BCUT2D eigenvalue weighted by atomic mass is 10.6. The summed E-state index contributed by atoms with van der Waals surface area (Å²) >= 11 is 0. The van der Waals surface area contributed by atoms with E-state index in [1.165, 1.54) is 11.9 Å². The number of urea groups is 1. The van der Waals surface area contributed by atoms with Crippen molar-refractivity contribution in [3.8, 4) is 0 Å². The molecule has 0 aromatic rings. The molecule has 0 saturated carbocycles. The van der Waals surface area contributed by atoms with Gasteiger partial charge in [0.15, 0.2) is 0 Å². The first kappa shape index (κ1) is 7.01. The van der Waals surface area contributed by atoms with Crippen LogP contribution in [0.3, 0.4) is 0 Å². The van der Waals surface area contributed by atoms with Crippen molar-refractivity contribution in [3.63, 3.8) is 0 Å². The molecule has 0 spiro atoms. The van der Waals surface area contributed by atoms with Gasteiger partial charge in [0.1, 0.15) is 13.3 Å². The molecule has 0 unspecified atom stereocenters. The van der Waals surface area contributed by atoms with Gasteiger partial charge in [-0.2, -0.15) is 0 Å². The molecule has 1 saturated heterocycles.